The van der Waals surface area contributed by atoms with Crippen LogP contribution in [0, 0.1) is 0 Å². The van der Waals surface area contributed by atoms with Crippen LogP contribution in [0.4, 0.5) is 5.00 Å². The summed E-state index contributed by atoms with van der Waals surface area (Å²) in [7, 11) is 0. The fraction of sp³-hybridized carbons (Fsp3) is 0.333. The third-order valence-corrected chi connectivity index (χ3v) is 5.00. The predicted molar refractivity (Wildman–Crippen MR) is 98.2 cm³/mol. The summed E-state index contributed by atoms with van der Waals surface area (Å²) in [5.74, 6) is -0.195. The van der Waals surface area contributed by atoms with E-state index >= 15 is 0 Å². The van der Waals surface area contributed by atoms with Gasteiger partial charge in [0.25, 0.3) is 5.91 Å². The zero-order valence-electron chi connectivity index (χ0n) is 13.7. The number of nitrogens with one attached hydrogen (secondary N) is 1. The van der Waals surface area contributed by atoms with Crippen LogP contribution in [0.1, 0.15) is 27.7 Å². The number of hydrogen-bond donors (Lipinski definition) is 1. The molecule has 2 aromatic rings. The zero-order valence-corrected chi connectivity index (χ0v) is 14.5. The Kier molecular flexibility index (Phi) is 5.61. The van der Waals surface area contributed by atoms with Crippen molar-refractivity contribution >= 4 is 28.5 Å². The minimum atomic E-state index is -0.195. The van der Waals surface area contributed by atoms with Crippen molar-refractivity contribution in [2.75, 3.05) is 31.2 Å². The molecule has 0 bridgehead atoms. The van der Waals surface area contributed by atoms with Gasteiger partial charge in [0, 0.05) is 23.5 Å². The van der Waals surface area contributed by atoms with Crippen molar-refractivity contribution in [1.29, 1.82) is 0 Å². The van der Waals surface area contributed by atoms with Crippen molar-refractivity contribution in [2.24, 2.45) is 5.10 Å². The minimum absolute atomic E-state index is 0.195. The molecule has 1 N–H and O–H groups in total. The molecule has 126 valence electrons. The predicted octanol–water partition coefficient (Wildman–Crippen LogP) is 2.91. The quantitative estimate of drug-likeness (QED) is 0.671. The number of hydrogen-bond acceptors (Lipinski definition) is 5. The number of benzene rings is 1. The summed E-state index contributed by atoms with van der Waals surface area (Å²) in [4.78, 5) is 15.4. The number of amides is 1. The number of anilines is 1. The normalized spacial score (nSPS) is 15.0. The first kappa shape index (κ1) is 16.7. The summed E-state index contributed by atoms with van der Waals surface area (Å²) < 4.78 is 5.36. The first-order valence-electron chi connectivity index (χ1n) is 8.11. The second-order valence-corrected chi connectivity index (χ2v) is 6.62. The van der Waals surface area contributed by atoms with Gasteiger partial charge in [-0.3, -0.25) is 4.79 Å². The molecule has 1 aliphatic heterocycles. The van der Waals surface area contributed by atoms with Crippen molar-refractivity contribution in [1.82, 2.24) is 5.43 Å². The van der Waals surface area contributed by atoms with Crippen molar-refractivity contribution in [2.45, 2.75) is 13.3 Å². The van der Waals surface area contributed by atoms with Crippen LogP contribution in [0.5, 0.6) is 0 Å². The van der Waals surface area contributed by atoms with Crippen LogP contribution in [0.25, 0.3) is 0 Å². The molecule has 0 saturated carbocycles. The van der Waals surface area contributed by atoms with Crippen LogP contribution in [0.3, 0.4) is 0 Å². The fourth-order valence-electron chi connectivity index (χ4n) is 2.48. The minimum Gasteiger partial charge on any atom is -0.378 e. The van der Waals surface area contributed by atoms with E-state index in [2.05, 4.69) is 28.4 Å². The molecule has 6 heteroatoms. The number of carbonyl (C=O) groups excluding carboxylic acids is 1. The summed E-state index contributed by atoms with van der Waals surface area (Å²) in [5, 5.41) is 5.27. The Morgan fingerprint density at radius 2 is 2.00 bits per heavy atom. The Hall–Kier alpha value is -2.18. The lowest BCUT2D eigenvalue weighted by Crippen LogP contribution is -2.35. The largest absolute Gasteiger partial charge is 0.378 e. The lowest BCUT2D eigenvalue weighted by molar-refractivity contribution is 0.0955. The second-order valence-electron chi connectivity index (χ2n) is 5.53. The molecule has 1 aliphatic rings. The van der Waals surface area contributed by atoms with Crippen molar-refractivity contribution in [3.8, 4) is 0 Å². The highest BCUT2D eigenvalue weighted by molar-refractivity contribution is 7.17. The smallest absolute Gasteiger partial charge is 0.271 e. The van der Waals surface area contributed by atoms with Gasteiger partial charge < -0.3 is 9.64 Å². The molecule has 1 fully saturated rings. The molecule has 0 spiro atoms. The second kappa shape index (κ2) is 8.08. The number of morpholine rings is 1. The maximum absolute atomic E-state index is 12.0. The maximum atomic E-state index is 12.0. The summed E-state index contributed by atoms with van der Waals surface area (Å²) in [5.41, 5.74) is 4.40. The van der Waals surface area contributed by atoms with E-state index in [1.165, 1.54) is 10.6 Å². The van der Waals surface area contributed by atoms with E-state index in [1.807, 2.05) is 30.3 Å². The van der Waals surface area contributed by atoms with E-state index in [0.29, 0.717) is 5.56 Å². The van der Waals surface area contributed by atoms with Gasteiger partial charge >= 0.3 is 0 Å². The van der Waals surface area contributed by atoms with Gasteiger partial charge in [0.2, 0.25) is 0 Å². The Morgan fingerprint density at radius 3 is 2.71 bits per heavy atom. The third kappa shape index (κ3) is 4.21. The molecule has 2 heterocycles. The Bertz CT molecular complexity index is 703. The molecule has 3 rings (SSSR count). The molecule has 1 amide bonds. The lowest BCUT2D eigenvalue weighted by atomic mass is 10.1. The van der Waals surface area contributed by atoms with Crippen LogP contribution in [-0.2, 0) is 11.2 Å². The molecule has 1 saturated heterocycles. The first-order valence-corrected chi connectivity index (χ1v) is 8.93. The summed E-state index contributed by atoms with van der Waals surface area (Å²) in [6.45, 7) is 5.47. The number of hydrazone groups is 1. The van der Waals surface area contributed by atoms with Gasteiger partial charge in [0.15, 0.2) is 0 Å². The molecule has 0 atom stereocenters. The fourth-order valence-corrected chi connectivity index (χ4v) is 3.41. The topological polar surface area (TPSA) is 53.9 Å². The van der Waals surface area contributed by atoms with Crippen LogP contribution < -0.4 is 10.3 Å². The average Bonchev–Trinajstić information content (AvgIpc) is 3.11. The number of carbonyl (C=O) groups is 1. The summed E-state index contributed by atoms with van der Waals surface area (Å²) >= 11 is 1.66. The van der Waals surface area contributed by atoms with Gasteiger partial charge in [-0.05, 0) is 36.2 Å². The molecular weight excluding hydrogens is 322 g/mol. The van der Waals surface area contributed by atoms with E-state index in [9.17, 15) is 4.79 Å². The van der Waals surface area contributed by atoms with E-state index in [4.69, 9.17) is 4.74 Å². The van der Waals surface area contributed by atoms with Crippen molar-refractivity contribution in [3.63, 3.8) is 0 Å². The van der Waals surface area contributed by atoms with Crippen LogP contribution in [0.2, 0.25) is 0 Å². The van der Waals surface area contributed by atoms with Gasteiger partial charge in [-0.2, -0.15) is 5.10 Å². The molecular formula is C18H21N3O2S. The molecule has 0 aliphatic carbocycles. The molecule has 0 unspecified atom stereocenters. The van der Waals surface area contributed by atoms with Gasteiger partial charge in [0.1, 0.15) is 0 Å². The van der Waals surface area contributed by atoms with Gasteiger partial charge in [-0.15, -0.1) is 11.3 Å². The highest BCUT2D eigenvalue weighted by atomic mass is 32.1. The Labute approximate surface area is 145 Å². The number of nitrogens with zero attached hydrogens (tertiary/aromatic N) is 2. The molecule has 5 nitrogen and oxygen atoms in total. The van der Waals surface area contributed by atoms with E-state index < -0.39 is 0 Å². The maximum Gasteiger partial charge on any atom is 0.271 e. The molecule has 1 aromatic heterocycles. The number of thiophene rings is 1. The van der Waals surface area contributed by atoms with Crippen molar-refractivity contribution < 1.29 is 9.53 Å². The summed E-state index contributed by atoms with van der Waals surface area (Å²) in [6, 6.07) is 11.7. The SMILES string of the molecule is CCc1ccc(C(=O)N/N=C\c2ccc(N3CCOCC3)s2)cc1. The van der Waals surface area contributed by atoms with Crippen LogP contribution in [-0.4, -0.2) is 38.4 Å². The highest BCUT2D eigenvalue weighted by Gasteiger charge is 2.12. The van der Waals surface area contributed by atoms with Gasteiger partial charge in [-0.25, -0.2) is 5.43 Å². The highest BCUT2D eigenvalue weighted by Crippen LogP contribution is 2.25. The number of ether oxygens (including phenoxy) is 1. The molecule has 0 radical (unpaired) electrons. The molecule has 24 heavy (non-hydrogen) atoms. The Morgan fingerprint density at radius 1 is 1.25 bits per heavy atom. The van der Waals surface area contributed by atoms with Gasteiger partial charge in [-0.1, -0.05) is 19.1 Å². The third-order valence-electron chi connectivity index (χ3n) is 3.92. The van der Waals surface area contributed by atoms with Crippen molar-refractivity contribution in [3.05, 3.63) is 52.4 Å². The van der Waals surface area contributed by atoms with E-state index in [1.54, 1.807) is 17.6 Å². The number of rotatable bonds is 5. The number of aryl methyl sites for hydroxylation is 1. The van der Waals surface area contributed by atoms with Crippen LogP contribution >= 0.6 is 11.3 Å². The average molecular weight is 343 g/mol. The van der Waals surface area contributed by atoms with E-state index in [-0.39, 0.29) is 5.91 Å². The standard InChI is InChI=1S/C18H21N3O2S/c1-2-14-3-5-15(6-4-14)18(22)20-19-13-16-7-8-17(24-16)21-9-11-23-12-10-21/h3-8,13H,2,9-12H2,1H3,(H,20,22)/b19-13-. The summed E-state index contributed by atoms with van der Waals surface area (Å²) in [6.07, 6.45) is 2.65. The van der Waals surface area contributed by atoms with Crippen LogP contribution in [0.15, 0.2) is 41.5 Å². The van der Waals surface area contributed by atoms with Gasteiger partial charge in [0.05, 0.1) is 24.4 Å². The lowest BCUT2D eigenvalue weighted by Gasteiger charge is -2.27. The zero-order chi connectivity index (χ0) is 16.8. The molecule has 1 aromatic carbocycles. The first-order chi connectivity index (χ1) is 11.8. The Balaban J connectivity index is 1.55. The monoisotopic (exact) mass is 343 g/mol. The van der Waals surface area contributed by atoms with E-state index in [0.717, 1.165) is 37.6 Å².